The fourth-order valence-electron chi connectivity index (χ4n) is 2.32. The zero-order valence-electron chi connectivity index (χ0n) is 15.5. The van der Waals surface area contributed by atoms with Gasteiger partial charge in [-0.3, -0.25) is 9.59 Å². The van der Waals surface area contributed by atoms with Crippen LogP contribution in [0.5, 0.6) is 0 Å². The van der Waals surface area contributed by atoms with E-state index in [1.54, 1.807) is 6.92 Å². The molecule has 0 aliphatic heterocycles. The van der Waals surface area contributed by atoms with Crippen LogP contribution in [0.25, 0.3) is 0 Å². The Morgan fingerprint density at radius 1 is 1.00 bits per heavy atom. The number of rotatable bonds is 11. The summed E-state index contributed by atoms with van der Waals surface area (Å²) >= 11 is 0. The van der Waals surface area contributed by atoms with E-state index in [0.29, 0.717) is 25.1 Å². The molecule has 0 aliphatic carbocycles. The Labute approximate surface area is 154 Å². The second-order valence-electron chi connectivity index (χ2n) is 6.42. The molecule has 144 valence electrons. The van der Waals surface area contributed by atoms with Gasteiger partial charge in [0, 0.05) is 31.1 Å². The van der Waals surface area contributed by atoms with Gasteiger partial charge in [-0.15, -0.1) is 0 Å². The number of carboxylic acids is 1. The van der Waals surface area contributed by atoms with E-state index in [1.165, 1.54) is 0 Å². The van der Waals surface area contributed by atoms with Gasteiger partial charge in [-0.2, -0.15) is 0 Å². The average molecular weight is 363 g/mol. The van der Waals surface area contributed by atoms with E-state index in [4.69, 9.17) is 5.11 Å². The predicted octanol–water partition coefficient (Wildman–Crippen LogP) is 2.45. The molecule has 1 aromatic rings. The van der Waals surface area contributed by atoms with E-state index in [2.05, 4.69) is 16.0 Å². The molecule has 0 spiro atoms. The molecule has 0 saturated heterocycles. The highest BCUT2D eigenvalue weighted by Crippen LogP contribution is 2.03. The molecule has 3 amide bonds. The number of aliphatic carboxylic acids is 1. The Bertz CT molecular complexity index is 587. The second-order valence-corrected chi connectivity index (χ2v) is 6.42. The van der Waals surface area contributed by atoms with Crippen molar-refractivity contribution in [3.63, 3.8) is 0 Å². The summed E-state index contributed by atoms with van der Waals surface area (Å²) in [6.45, 7) is 4.90. The Kier molecular flexibility index (Phi) is 9.82. The van der Waals surface area contributed by atoms with Crippen molar-refractivity contribution in [3.8, 4) is 0 Å². The van der Waals surface area contributed by atoms with Crippen molar-refractivity contribution in [1.82, 2.24) is 16.0 Å². The summed E-state index contributed by atoms with van der Waals surface area (Å²) in [5.41, 5.74) is 1.78. The minimum absolute atomic E-state index is 0.0375. The molecule has 26 heavy (non-hydrogen) atoms. The van der Waals surface area contributed by atoms with Crippen LogP contribution in [0, 0.1) is 6.92 Å². The lowest BCUT2D eigenvalue weighted by Gasteiger charge is -2.13. The molecule has 7 heteroatoms. The molecular weight excluding hydrogens is 334 g/mol. The summed E-state index contributed by atoms with van der Waals surface area (Å²) in [7, 11) is 0. The molecule has 0 aliphatic rings. The molecule has 1 rings (SSSR count). The third kappa shape index (κ3) is 9.66. The van der Waals surface area contributed by atoms with E-state index in [9.17, 15) is 14.4 Å². The van der Waals surface area contributed by atoms with Gasteiger partial charge in [0.15, 0.2) is 0 Å². The van der Waals surface area contributed by atoms with E-state index in [0.717, 1.165) is 24.8 Å². The van der Waals surface area contributed by atoms with Crippen LogP contribution in [0.1, 0.15) is 54.9 Å². The molecule has 0 aromatic heterocycles. The van der Waals surface area contributed by atoms with Gasteiger partial charge < -0.3 is 21.1 Å². The van der Waals surface area contributed by atoms with Gasteiger partial charge in [-0.25, -0.2) is 4.79 Å². The summed E-state index contributed by atoms with van der Waals surface area (Å²) in [6, 6.07) is 6.98. The van der Waals surface area contributed by atoms with Gasteiger partial charge in [-0.05, 0) is 51.7 Å². The number of carbonyl (C=O) groups excluding carboxylic acids is 2. The van der Waals surface area contributed by atoms with Gasteiger partial charge in [0.25, 0.3) is 5.91 Å². The highest BCUT2D eigenvalue weighted by molar-refractivity contribution is 5.94. The van der Waals surface area contributed by atoms with E-state index < -0.39 is 5.97 Å². The van der Waals surface area contributed by atoms with E-state index >= 15 is 0 Å². The first-order valence-electron chi connectivity index (χ1n) is 8.99. The molecule has 4 N–H and O–H groups in total. The molecule has 1 unspecified atom stereocenters. The molecule has 1 aromatic carbocycles. The van der Waals surface area contributed by atoms with Crippen molar-refractivity contribution in [3.05, 3.63) is 35.4 Å². The molecular formula is C19H29N3O4. The van der Waals surface area contributed by atoms with Crippen molar-refractivity contribution in [2.24, 2.45) is 0 Å². The first-order valence-corrected chi connectivity index (χ1v) is 8.99. The number of unbranched alkanes of at least 4 members (excludes halogenated alkanes) is 2. The number of carboxylic acid groups (broad SMARTS) is 1. The smallest absolute Gasteiger partial charge is 0.314 e. The maximum absolute atomic E-state index is 11.9. The van der Waals surface area contributed by atoms with Crippen LogP contribution in [-0.2, 0) is 4.79 Å². The van der Waals surface area contributed by atoms with E-state index in [-0.39, 0.29) is 24.4 Å². The predicted molar refractivity (Wildman–Crippen MR) is 100 cm³/mol. The van der Waals surface area contributed by atoms with Gasteiger partial charge in [0.2, 0.25) is 0 Å². The summed E-state index contributed by atoms with van der Waals surface area (Å²) in [5.74, 6) is -0.939. The van der Waals surface area contributed by atoms with Crippen LogP contribution >= 0.6 is 0 Å². The van der Waals surface area contributed by atoms with Gasteiger partial charge in [0.05, 0.1) is 0 Å². The number of amides is 3. The third-order valence-corrected chi connectivity index (χ3v) is 3.91. The fraction of sp³-hybridized carbons (Fsp3) is 0.526. The van der Waals surface area contributed by atoms with Crippen molar-refractivity contribution >= 4 is 17.9 Å². The number of urea groups is 1. The van der Waals surface area contributed by atoms with Crippen LogP contribution < -0.4 is 16.0 Å². The van der Waals surface area contributed by atoms with Crippen molar-refractivity contribution in [1.29, 1.82) is 0 Å². The van der Waals surface area contributed by atoms with Gasteiger partial charge in [0.1, 0.15) is 0 Å². The van der Waals surface area contributed by atoms with Crippen molar-refractivity contribution < 1.29 is 19.5 Å². The number of hydrogen-bond acceptors (Lipinski definition) is 3. The maximum atomic E-state index is 11.9. The Morgan fingerprint density at radius 3 is 2.23 bits per heavy atom. The number of hydrogen-bond donors (Lipinski definition) is 4. The number of carbonyl (C=O) groups is 3. The Balaban J connectivity index is 2.03. The van der Waals surface area contributed by atoms with Crippen molar-refractivity contribution in [2.45, 2.75) is 52.0 Å². The maximum Gasteiger partial charge on any atom is 0.314 e. The largest absolute Gasteiger partial charge is 0.481 e. The average Bonchev–Trinajstić information content (AvgIpc) is 2.59. The Morgan fingerprint density at radius 2 is 1.62 bits per heavy atom. The third-order valence-electron chi connectivity index (χ3n) is 3.91. The van der Waals surface area contributed by atoms with Crippen LogP contribution in [0.2, 0.25) is 0 Å². The summed E-state index contributed by atoms with van der Waals surface area (Å²) < 4.78 is 0. The summed E-state index contributed by atoms with van der Waals surface area (Å²) in [6.07, 6.45) is 3.00. The topological polar surface area (TPSA) is 108 Å². The molecule has 7 nitrogen and oxygen atoms in total. The molecule has 0 fully saturated rings. The van der Waals surface area contributed by atoms with Crippen LogP contribution in [0.15, 0.2) is 24.3 Å². The normalized spacial score (nSPS) is 11.5. The van der Waals surface area contributed by atoms with Crippen LogP contribution in [0.4, 0.5) is 4.79 Å². The zero-order chi connectivity index (χ0) is 19.4. The van der Waals surface area contributed by atoms with Crippen molar-refractivity contribution in [2.75, 3.05) is 13.1 Å². The minimum Gasteiger partial charge on any atom is -0.481 e. The summed E-state index contributed by atoms with van der Waals surface area (Å²) in [5, 5.41) is 16.9. The lowest BCUT2D eigenvalue weighted by molar-refractivity contribution is -0.137. The zero-order valence-corrected chi connectivity index (χ0v) is 15.5. The summed E-state index contributed by atoms with van der Waals surface area (Å²) in [4.78, 5) is 34.0. The Hall–Kier alpha value is -2.57. The first-order chi connectivity index (χ1) is 12.4. The van der Waals surface area contributed by atoms with E-state index in [1.807, 2.05) is 31.2 Å². The highest BCUT2D eigenvalue weighted by atomic mass is 16.4. The monoisotopic (exact) mass is 363 g/mol. The molecule has 0 heterocycles. The molecule has 1 atom stereocenters. The highest BCUT2D eigenvalue weighted by Gasteiger charge is 2.08. The second kappa shape index (κ2) is 11.9. The van der Waals surface area contributed by atoms with Crippen LogP contribution in [-0.4, -0.2) is 42.1 Å². The number of benzene rings is 1. The lowest BCUT2D eigenvalue weighted by Crippen LogP contribution is -2.41. The van der Waals surface area contributed by atoms with Gasteiger partial charge in [-0.1, -0.05) is 17.7 Å². The first kappa shape index (κ1) is 21.5. The molecule has 0 saturated carbocycles. The number of nitrogens with one attached hydrogen (secondary N) is 3. The fourth-order valence-corrected chi connectivity index (χ4v) is 2.32. The van der Waals surface area contributed by atoms with Gasteiger partial charge >= 0.3 is 12.0 Å². The number of aryl methyl sites for hydroxylation is 1. The minimum atomic E-state index is -0.867. The molecule has 0 bridgehead atoms. The van der Waals surface area contributed by atoms with Crippen LogP contribution in [0.3, 0.4) is 0 Å². The standard InChI is InChI=1S/C19H29N3O4/c1-14-6-9-16(10-7-14)18(25)20-12-4-3-5-13-21-19(26)22-15(2)8-11-17(23)24/h6-7,9-10,15H,3-5,8,11-13H2,1-2H3,(H,20,25)(H,23,24)(H2,21,22,26). The quantitative estimate of drug-likeness (QED) is 0.453. The molecule has 0 radical (unpaired) electrons. The lowest BCUT2D eigenvalue weighted by atomic mass is 10.1. The SMILES string of the molecule is Cc1ccc(C(=O)NCCCCCNC(=O)NC(C)CCC(=O)O)cc1.